The van der Waals surface area contributed by atoms with E-state index in [9.17, 15) is 4.79 Å². The first-order valence-electron chi connectivity index (χ1n) is 7.08. The summed E-state index contributed by atoms with van der Waals surface area (Å²) >= 11 is 0. The number of para-hydroxylation sites is 1. The highest BCUT2D eigenvalue weighted by Gasteiger charge is 2.43. The van der Waals surface area contributed by atoms with E-state index in [2.05, 4.69) is 5.32 Å². The third-order valence-electron chi connectivity index (χ3n) is 4.65. The van der Waals surface area contributed by atoms with Crippen LogP contribution in [0.5, 0.6) is 5.75 Å². The molecule has 2 fully saturated rings. The number of nitrogens with one attached hydrogen (secondary N) is 1. The number of fused-ring (bicyclic) bond motifs is 2. The van der Waals surface area contributed by atoms with Gasteiger partial charge in [-0.25, -0.2) is 0 Å². The summed E-state index contributed by atoms with van der Waals surface area (Å²) < 4.78 is 5.82. The zero-order valence-corrected chi connectivity index (χ0v) is 10.8. The number of carbonyl (C=O) groups is 1. The molecule has 3 atom stereocenters. The minimum atomic E-state index is -0.309. The van der Waals surface area contributed by atoms with Crippen molar-refractivity contribution in [2.24, 2.45) is 5.92 Å². The Balaban J connectivity index is 1.51. The van der Waals surface area contributed by atoms with Crippen LogP contribution < -0.4 is 10.1 Å². The van der Waals surface area contributed by atoms with Crippen molar-refractivity contribution in [3.63, 3.8) is 0 Å². The molecule has 0 aliphatic carbocycles. The Labute approximate surface area is 112 Å². The van der Waals surface area contributed by atoms with Crippen LogP contribution in [0.1, 0.15) is 12.0 Å². The van der Waals surface area contributed by atoms with Gasteiger partial charge in [-0.05, 0) is 24.0 Å². The highest BCUT2D eigenvalue weighted by molar-refractivity contribution is 5.83. The van der Waals surface area contributed by atoms with Gasteiger partial charge in [0.1, 0.15) is 5.75 Å². The molecule has 1 amide bonds. The van der Waals surface area contributed by atoms with E-state index in [-0.39, 0.29) is 12.0 Å². The van der Waals surface area contributed by atoms with Crippen LogP contribution in [0.3, 0.4) is 0 Å². The first-order valence-corrected chi connectivity index (χ1v) is 7.08. The van der Waals surface area contributed by atoms with Crippen LogP contribution in [-0.2, 0) is 11.2 Å². The monoisotopic (exact) mass is 258 g/mol. The van der Waals surface area contributed by atoms with Crippen LogP contribution in [0.25, 0.3) is 0 Å². The fourth-order valence-electron chi connectivity index (χ4n) is 3.63. The molecule has 1 aromatic rings. The van der Waals surface area contributed by atoms with Gasteiger partial charge in [0.2, 0.25) is 0 Å². The maximum atomic E-state index is 12.6. The summed E-state index contributed by atoms with van der Waals surface area (Å²) in [5, 5.41) is 3.38. The Morgan fingerprint density at radius 1 is 1.32 bits per heavy atom. The lowest BCUT2D eigenvalue weighted by molar-refractivity contribution is -0.138. The molecule has 1 N–H and O–H groups in total. The van der Waals surface area contributed by atoms with Crippen LogP contribution in [0.4, 0.5) is 0 Å². The van der Waals surface area contributed by atoms with Gasteiger partial charge in [-0.3, -0.25) is 4.79 Å². The molecule has 3 aliphatic rings. The van der Waals surface area contributed by atoms with Crippen LogP contribution in [0, 0.1) is 5.92 Å². The SMILES string of the molecule is O=C(C1Cc2ccccc2O1)N1CC[C@H]2CNC[C@H]21. The lowest BCUT2D eigenvalue weighted by Crippen LogP contribution is -2.46. The van der Waals surface area contributed by atoms with Gasteiger partial charge in [-0.2, -0.15) is 0 Å². The molecule has 3 heterocycles. The van der Waals surface area contributed by atoms with Crippen molar-refractivity contribution in [3.05, 3.63) is 29.8 Å². The number of rotatable bonds is 1. The second-order valence-corrected chi connectivity index (χ2v) is 5.72. The van der Waals surface area contributed by atoms with Crippen molar-refractivity contribution in [2.45, 2.75) is 25.0 Å². The molecule has 3 aliphatic heterocycles. The summed E-state index contributed by atoms with van der Waals surface area (Å²) in [5.74, 6) is 1.70. The number of carbonyl (C=O) groups excluding carboxylic acids is 1. The van der Waals surface area contributed by atoms with Crippen LogP contribution in [0.15, 0.2) is 24.3 Å². The van der Waals surface area contributed by atoms with Crippen molar-refractivity contribution in [2.75, 3.05) is 19.6 Å². The normalized spacial score (nSPS) is 32.0. The van der Waals surface area contributed by atoms with Gasteiger partial charge in [-0.15, -0.1) is 0 Å². The number of likely N-dealkylation sites (tertiary alicyclic amines) is 1. The molecule has 0 bridgehead atoms. The van der Waals surface area contributed by atoms with Crippen molar-refractivity contribution in [3.8, 4) is 5.75 Å². The Hall–Kier alpha value is -1.55. The molecule has 4 rings (SSSR count). The summed E-state index contributed by atoms with van der Waals surface area (Å²) in [6, 6.07) is 8.35. The van der Waals surface area contributed by atoms with E-state index in [1.165, 1.54) is 0 Å². The average Bonchev–Trinajstić information content (AvgIpc) is 3.12. The van der Waals surface area contributed by atoms with E-state index in [0.29, 0.717) is 12.0 Å². The van der Waals surface area contributed by atoms with E-state index in [1.807, 2.05) is 29.2 Å². The molecule has 19 heavy (non-hydrogen) atoms. The summed E-state index contributed by atoms with van der Waals surface area (Å²) in [6.07, 6.45) is 1.54. The maximum absolute atomic E-state index is 12.6. The lowest BCUT2D eigenvalue weighted by Gasteiger charge is -2.26. The number of hydrogen-bond acceptors (Lipinski definition) is 3. The van der Waals surface area contributed by atoms with Gasteiger partial charge in [0.15, 0.2) is 6.10 Å². The van der Waals surface area contributed by atoms with Gasteiger partial charge in [0, 0.05) is 32.1 Å². The van der Waals surface area contributed by atoms with E-state index >= 15 is 0 Å². The van der Waals surface area contributed by atoms with Gasteiger partial charge < -0.3 is 15.0 Å². The summed E-state index contributed by atoms with van der Waals surface area (Å²) in [4.78, 5) is 14.7. The maximum Gasteiger partial charge on any atom is 0.264 e. The summed E-state index contributed by atoms with van der Waals surface area (Å²) in [7, 11) is 0. The molecule has 4 nitrogen and oxygen atoms in total. The topological polar surface area (TPSA) is 41.6 Å². The Bertz CT molecular complexity index is 492. The van der Waals surface area contributed by atoms with E-state index in [0.717, 1.165) is 43.8 Å². The molecular formula is C15H18N2O2. The average molecular weight is 258 g/mol. The van der Waals surface area contributed by atoms with Gasteiger partial charge in [0.05, 0.1) is 0 Å². The first kappa shape index (κ1) is 11.3. The van der Waals surface area contributed by atoms with Crippen LogP contribution in [0.2, 0.25) is 0 Å². The standard InChI is InChI=1S/C15H18N2O2/c18-15(17-6-5-11-8-16-9-12(11)17)14-7-10-3-1-2-4-13(10)19-14/h1-4,11-12,14,16H,5-9H2/t11-,12+,14?/m0/s1. The summed E-state index contributed by atoms with van der Waals surface area (Å²) in [5.41, 5.74) is 1.15. The zero-order chi connectivity index (χ0) is 12.8. The third-order valence-corrected chi connectivity index (χ3v) is 4.65. The highest BCUT2D eigenvalue weighted by atomic mass is 16.5. The minimum absolute atomic E-state index is 0.174. The number of ether oxygens (including phenoxy) is 1. The lowest BCUT2D eigenvalue weighted by atomic mass is 10.0. The quantitative estimate of drug-likeness (QED) is 0.810. The number of benzene rings is 1. The van der Waals surface area contributed by atoms with E-state index in [1.54, 1.807) is 0 Å². The van der Waals surface area contributed by atoms with E-state index < -0.39 is 0 Å². The Morgan fingerprint density at radius 2 is 2.21 bits per heavy atom. The molecule has 0 spiro atoms. The van der Waals surface area contributed by atoms with Crippen molar-refractivity contribution in [1.82, 2.24) is 10.2 Å². The Kier molecular flexibility index (Phi) is 2.52. The number of hydrogen-bond donors (Lipinski definition) is 1. The molecule has 100 valence electrons. The molecule has 4 heteroatoms. The molecule has 0 aromatic heterocycles. The fraction of sp³-hybridized carbons (Fsp3) is 0.533. The fourth-order valence-corrected chi connectivity index (χ4v) is 3.63. The predicted octanol–water partition coefficient (Wildman–Crippen LogP) is 0.810. The smallest absolute Gasteiger partial charge is 0.264 e. The van der Waals surface area contributed by atoms with Crippen molar-refractivity contribution in [1.29, 1.82) is 0 Å². The number of nitrogens with zero attached hydrogens (tertiary/aromatic N) is 1. The number of amides is 1. The summed E-state index contributed by atoms with van der Waals surface area (Å²) in [6.45, 7) is 2.89. The second-order valence-electron chi connectivity index (χ2n) is 5.72. The molecule has 1 aromatic carbocycles. The third kappa shape index (κ3) is 1.74. The van der Waals surface area contributed by atoms with Crippen LogP contribution in [-0.4, -0.2) is 42.6 Å². The molecule has 1 unspecified atom stereocenters. The predicted molar refractivity (Wildman–Crippen MR) is 71.0 cm³/mol. The molecular weight excluding hydrogens is 240 g/mol. The zero-order valence-electron chi connectivity index (χ0n) is 10.8. The minimum Gasteiger partial charge on any atom is -0.480 e. The second kappa shape index (κ2) is 4.23. The molecule has 2 saturated heterocycles. The van der Waals surface area contributed by atoms with E-state index in [4.69, 9.17) is 4.74 Å². The van der Waals surface area contributed by atoms with Gasteiger partial charge in [-0.1, -0.05) is 18.2 Å². The van der Waals surface area contributed by atoms with Crippen LogP contribution >= 0.6 is 0 Å². The molecule has 0 saturated carbocycles. The van der Waals surface area contributed by atoms with Gasteiger partial charge in [0.25, 0.3) is 5.91 Å². The van der Waals surface area contributed by atoms with Gasteiger partial charge >= 0.3 is 0 Å². The van der Waals surface area contributed by atoms with Crippen molar-refractivity contribution >= 4 is 5.91 Å². The Morgan fingerprint density at radius 3 is 3.11 bits per heavy atom. The highest BCUT2D eigenvalue weighted by Crippen LogP contribution is 2.32. The first-order chi connectivity index (χ1) is 9.33. The largest absolute Gasteiger partial charge is 0.480 e. The van der Waals surface area contributed by atoms with Crippen molar-refractivity contribution < 1.29 is 9.53 Å². The molecule has 0 radical (unpaired) electrons.